The molecule has 0 spiro atoms. The molecule has 1 amide bonds. The zero-order valence-electron chi connectivity index (χ0n) is 8.91. The lowest BCUT2D eigenvalue weighted by Gasteiger charge is -2.19. The van der Waals surface area contributed by atoms with Gasteiger partial charge >= 0.3 is 18.0 Å². The lowest BCUT2D eigenvalue weighted by atomic mass is 10.2. The molecule has 2 nitrogen and oxygen atoms in total. The van der Waals surface area contributed by atoms with Crippen LogP contribution in [0.3, 0.4) is 0 Å². The number of amides is 1. The number of hydrogen-bond donors (Lipinski definition) is 1. The molecule has 1 rings (SSSR count). The standard InChI is InChI=1S/C10H7ClF5NO/c1-5-2-3-7(6(11)4-5)17-8(18)9(12,13)10(14,15)16/h2-4H,1H3,(H,17,18). The minimum absolute atomic E-state index is 0.124. The van der Waals surface area contributed by atoms with Gasteiger partial charge in [0.15, 0.2) is 0 Å². The molecule has 0 aliphatic heterocycles. The molecule has 1 aromatic carbocycles. The topological polar surface area (TPSA) is 29.1 Å². The molecule has 100 valence electrons. The number of benzene rings is 1. The summed E-state index contributed by atoms with van der Waals surface area (Å²) < 4.78 is 61.0. The van der Waals surface area contributed by atoms with E-state index in [9.17, 15) is 26.7 Å². The Morgan fingerprint density at radius 1 is 1.22 bits per heavy atom. The molecule has 1 N–H and O–H groups in total. The van der Waals surface area contributed by atoms with Crippen LogP contribution in [-0.2, 0) is 4.79 Å². The first-order valence-electron chi connectivity index (χ1n) is 4.58. The third-order valence-electron chi connectivity index (χ3n) is 2.01. The average molecular weight is 288 g/mol. The van der Waals surface area contributed by atoms with Gasteiger partial charge in [-0.1, -0.05) is 17.7 Å². The summed E-state index contributed by atoms with van der Waals surface area (Å²) in [6.07, 6.45) is -5.95. The van der Waals surface area contributed by atoms with Gasteiger partial charge in [0.2, 0.25) is 0 Å². The van der Waals surface area contributed by atoms with Crippen molar-refractivity contribution in [1.29, 1.82) is 0 Å². The highest BCUT2D eigenvalue weighted by molar-refractivity contribution is 6.33. The fourth-order valence-electron chi connectivity index (χ4n) is 1.05. The van der Waals surface area contributed by atoms with Crippen molar-refractivity contribution in [3.63, 3.8) is 0 Å². The lowest BCUT2D eigenvalue weighted by Crippen LogP contribution is -2.47. The Morgan fingerprint density at radius 2 is 1.78 bits per heavy atom. The van der Waals surface area contributed by atoms with E-state index in [2.05, 4.69) is 0 Å². The van der Waals surface area contributed by atoms with Gasteiger partial charge in [0.05, 0.1) is 10.7 Å². The van der Waals surface area contributed by atoms with E-state index in [4.69, 9.17) is 11.6 Å². The Morgan fingerprint density at radius 3 is 2.22 bits per heavy atom. The van der Waals surface area contributed by atoms with Crippen molar-refractivity contribution in [1.82, 2.24) is 0 Å². The number of anilines is 1. The highest BCUT2D eigenvalue weighted by Gasteiger charge is 2.63. The highest BCUT2D eigenvalue weighted by Crippen LogP contribution is 2.36. The molecule has 1 aromatic rings. The molecule has 0 aromatic heterocycles. The number of nitrogens with one attached hydrogen (secondary N) is 1. The first-order valence-corrected chi connectivity index (χ1v) is 4.95. The summed E-state index contributed by atoms with van der Waals surface area (Å²) in [6, 6.07) is 3.87. The van der Waals surface area contributed by atoms with Crippen molar-refractivity contribution in [2.45, 2.75) is 19.0 Å². The summed E-state index contributed by atoms with van der Waals surface area (Å²) in [5.74, 6) is -7.94. The van der Waals surface area contributed by atoms with Crippen LogP contribution < -0.4 is 5.32 Å². The van der Waals surface area contributed by atoms with E-state index >= 15 is 0 Å². The van der Waals surface area contributed by atoms with Gasteiger partial charge in [-0.25, -0.2) is 0 Å². The van der Waals surface area contributed by atoms with Crippen molar-refractivity contribution in [3.8, 4) is 0 Å². The van der Waals surface area contributed by atoms with Crippen LogP contribution in [0.1, 0.15) is 5.56 Å². The van der Waals surface area contributed by atoms with Crippen LogP contribution >= 0.6 is 11.6 Å². The van der Waals surface area contributed by atoms with Crippen molar-refractivity contribution in [2.75, 3.05) is 5.32 Å². The molecule has 0 heterocycles. The van der Waals surface area contributed by atoms with Gasteiger partial charge in [-0.15, -0.1) is 0 Å². The molecule has 0 radical (unpaired) electrons. The van der Waals surface area contributed by atoms with E-state index in [1.165, 1.54) is 17.4 Å². The minimum atomic E-state index is -5.95. The van der Waals surface area contributed by atoms with Gasteiger partial charge in [-0.3, -0.25) is 4.79 Å². The van der Waals surface area contributed by atoms with Gasteiger partial charge in [0.1, 0.15) is 0 Å². The number of alkyl halides is 5. The van der Waals surface area contributed by atoms with Gasteiger partial charge in [0.25, 0.3) is 0 Å². The van der Waals surface area contributed by atoms with Crippen molar-refractivity contribution >= 4 is 23.2 Å². The fraction of sp³-hybridized carbons (Fsp3) is 0.300. The average Bonchev–Trinajstić information content (AvgIpc) is 2.20. The second kappa shape index (κ2) is 4.72. The minimum Gasteiger partial charge on any atom is -0.319 e. The van der Waals surface area contributed by atoms with Crippen molar-refractivity contribution < 1.29 is 26.7 Å². The summed E-state index contributed by atoms with van der Waals surface area (Å²) in [6.45, 7) is 1.64. The predicted molar refractivity (Wildman–Crippen MR) is 55.8 cm³/mol. The molecular weight excluding hydrogens is 281 g/mol. The van der Waals surface area contributed by atoms with Crippen LogP contribution in [0.15, 0.2) is 18.2 Å². The molecule has 0 atom stereocenters. The smallest absolute Gasteiger partial charge is 0.319 e. The predicted octanol–water partition coefficient (Wildman–Crippen LogP) is 3.78. The van der Waals surface area contributed by atoms with Crippen LogP contribution in [0, 0.1) is 6.92 Å². The summed E-state index contributed by atoms with van der Waals surface area (Å²) in [5.41, 5.74) is 0.358. The number of halogens is 6. The lowest BCUT2D eigenvalue weighted by molar-refractivity contribution is -0.267. The number of carbonyl (C=O) groups excluding carboxylic acids is 1. The van der Waals surface area contributed by atoms with Gasteiger partial charge in [-0.05, 0) is 24.6 Å². The van der Waals surface area contributed by atoms with Crippen LogP contribution in [0.2, 0.25) is 5.02 Å². The summed E-state index contributed by atoms with van der Waals surface area (Å²) in [4.78, 5) is 10.9. The molecule has 0 unspecified atom stereocenters. The zero-order chi connectivity index (χ0) is 14.1. The molecule has 0 saturated heterocycles. The Hall–Kier alpha value is -1.37. The fourth-order valence-corrected chi connectivity index (χ4v) is 1.33. The summed E-state index contributed by atoms with van der Waals surface area (Å²) in [5, 5.41) is 1.32. The third-order valence-corrected chi connectivity index (χ3v) is 2.33. The highest BCUT2D eigenvalue weighted by atomic mass is 35.5. The molecular formula is C10H7ClF5NO. The van der Waals surface area contributed by atoms with Crippen LogP contribution in [-0.4, -0.2) is 18.0 Å². The monoisotopic (exact) mass is 287 g/mol. The quantitative estimate of drug-likeness (QED) is 0.824. The largest absolute Gasteiger partial charge is 0.463 e. The number of hydrogen-bond acceptors (Lipinski definition) is 1. The maximum Gasteiger partial charge on any atom is 0.463 e. The van der Waals surface area contributed by atoms with E-state index in [1.807, 2.05) is 0 Å². The van der Waals surface area contributed by atoms with Crippen LogP contribution in [0.25, 0.3) is 0 Å². The zero-order valence-corrected chi connectivity index (χ0v) is 9.66. The Labute approximate surface area is 104 Å². The van der Waals surface area contributed by atoms with Gasteiger partial charge in [-0.2, -0.15) is 22.0 Å². The first-order chi connectivity index (χ1) is 8.05. The van der Waals surface area contributed by atoms with E-state index in [-0.39, 0.29) is 10.7 Å². The normalized spacial score (nSPS) is 12.4. The number of rotatable bonds is 2. The van der Waals surface area contributed by atoms with Crippen LogP contribution in [0.4, 0.5) is 27.6 Å². The van der Waals surface area contributed by atoms with E-state index in [1.54, 1.807) is 6.92 Å². The van der Waals surface area contributed by atoms with E-state index < -0.39 is 18.0 Å². The number of aryl methyl sites for hydroxylation is 1. The molecule has 8 heteroatoms. The number of carbonyl (C=O) groups is 1. The maximum absolute atomic E-state index is 12.6. The molecule has 0 aliphatic carbocycles. The SMILES string of the molecule is Cc1ccc(NC(=O)C(F)(F)C(F)(F)F)c(Cl)c1. The Bertz CT molecular complexity index is 472. The second-order valence-corrected chi connectivity index (χ2v) is 3.92. The Balaban J connectivity index is 2.95. The van der Waals surface area contributed by atoms with E-state index in [0.29, 0.717) is 5.56 Å². The molecule has 0 bridgehead atoms. The molecule has 18 heavy (non-hydrogen) atoms. The summed E-state index contributed by atoms with van der Waals surface area (Å²) in [7, 11) is 0. The molecule has 0 fully saturated rings. The van der Waals surface area contributed by atoms with Gasteiger partial charge in [0, 0.05) is 0 Å². The molecule has 0 aliphatic rings. The Kier molecular flexibility index (Phi) is 3.85. The van der Waals surface area contributed by atoms with Crippen molar-refractivity contribution in [3.05, 3.63) is 28.8 Å². The van der Waals surface area contributed by atoms with Crippen molar-refractivity contribution in [2.24, 2.45) is 0 Å². The van der Waals surface area contributed by atoms with Crippen LogP contribution in [0.5, 0.6) is 0 Å². The second-order valence-electron chi connectivity index (χ2n) is 3.51. The third kappa shape index (κ3) is 2.90. The van der Waals surface area contributed by atoms with Gasteiger partial charge < -0.3 is 5.32 Å². The summed E-state index contributed by atoms with van der Waals surface area (Å²) >= 11 is 5.60. The maximum atomic E-state index is 12.6. The van der Waals surface area contributed by atoms with E-state index in [0.717, 1.165) is 6.07 Å². The molecule has 0 saturated carbocycles. The first kappa shape index (κ1) is 14.7.